The van der Waals surface area contributed by atoms with E-state index in [1.54, 1.807) is 35.4 Å². The lowest BCUT2D eigenvalue weighted by Gasteiger charge is -2.40. The Morgan fingerprint density at radius 1 is 0.964 bits per heavy atom. The van der Waals surface area contributed by atoms with Crippen molar-refractivity contribution in [1.29, 1.82) is 5.26 Å². The molecule has 0 radical (unpaired) electrons. The van der Waals surface area contributed by atoms with Crippen molar-refractivity contribution in [2.24, 2.45) is 0 Å². The van der Waals surface area contributed by atoms with Crippen molar-refractivity contribution in [2.75, 3.05) is 0 Å². The zero-order valence-corrected chi connectivity index (χ0v) is 15.8. The first-order chi connectivity index (χ1) is 13.6. The molecule has 1 amide bonds. The minimum atomic E-state index is -1.15. The van der Waals surface area contributed by atoms with E-state index in [-0.39, 0.29) is 5.91 Å². The molecule has 0 saturated carbocycles. The Balaban J connectivity index is 1.86. The van der Waals surface area contributed by atoms with Gasteiger partial charge in [-0.1, -0.05) is 66.2 Å². The van der Waals surface area contributed by atoms with Gasteiger partial charge in [-0.2, -0.15) is 5.26 Å². The molecule has 3 aromatic rings. The van der Waals surface area contributed by atoms with Gasteiger partial charge in [0.15, 0.2) is 5.54 Å². The highest BCUT2D eigenvalue weighted by Gasteiger charge is 2.44. The van der Waals surface area contributed by atoms with Crippen LogP contribution in [0.5, 0.6) is 0 Å². The van der Waals surface area contributed by atoms with E-state index in [0.717, 1.165) is 16.7 Å². The summed E-state index contributed by atoms with van der Waals surface area (Å²) in [7, 11) is 0. The maximum absolute atomic E-state index is 13.3. The van der Waals surface area contributed by atoms with Gasteiger partial charge in [-0.05, 0) is 47.0 Å². The lowest BCUT2D eigenvalue weighted by atomic mass is 9.79. The molecule has 0 N–H and O–H groups in total. The van der Waals surface area contributed by atoms with Crippen LogP contribution in [0.4, 0.5) is 0 Å². The van der Waals surface area contributed by atoms with Gasteiger partial charge < -0.3 is 0 Å². The van der Waals surface area contributed by atoms with Gasteiger partial charge in [-0.3, -0.25) is 9.69 Å². The molecule has 1 heterocycles. The molecule has 28 heavy (non-hydrogen) atoms. The molecule has 0 aromatic heterocycles. The van der Waals surface area contributed by atoms with Crippen LogP contribution in [-0.2, 0) is 12.0 Å². The molecule has 1 atom stereocenters. The maximum Gasteiger partial charge on any atom is 0.259 e. The van der Waals surface area contributed by atoms with Crippen molar-refractivity contribution < 1.29 is 4.79 Å². The smallest absolute Gasteiger partial charge is 0.259 e. The van der Waals surface area contributed by atoms with E-state index in [9.17, 15) is 10.1 Å². The lowest BCUT2D eigenvalue weighted by molar-refractivity contribution is 0.0697. The van der Waals surface area contributed by atoms with Crippen LogP contribution < -0.4 is 0 Å². The molecular formula is C24H17ClN2O. The summed E-state index contributed by atoms with van der Waals surface area (Å²) in [5.41, 5.74) is 2.09. The van der Waals surface area contributed by atoms with Gasteiger partial charge in [0.25, 0.3) is 5.91 Å². The standard InChI is InChI=1S/C24H17ClN2O/c25-21-12-10-18(11-13-21)16-24(17-26)22-9-5-4-6-19(22)14-15-27(24)23(28)20-7-2-1-3-8-20/h1-15H,16H2/t24-/m1/s1. The Bertz CT molecular complexity index is 1080. The van der Waals surface area contributed by atoms with Gasteiger partial charge in [-0.15, -0.1) is 0 Å². The number of amides is 1. The van der Waals surface area contributed by atoms with Gasteiger partial charge in [-0.25, -0.2) is 0 Å². The van der Waals surface area contributed by atoms with Crippen molar-refractivity contribution in [1.82, 2.24) is 4.90 Å². The Morgan fingerprint density at radius 3 is 2.36 bits per heavy atom. The van der Waals surface area contributed by atoms with Crippen molar-refractivity contribution in [3.05, 3.63) is 112 Å². The molecule has 0 bridgehead atoms. The second kappa shape index (κ2) is 7.34. The van der Waals surface area contributed by atoms with Crippen molar-refractivity contribution in [3.8, 4) is 6.07 Å². The number of halogens is 1. The number of carbonyl (C=O) groups excluding carboxylic acids is 1. The van der Waals surface area contributed by atoms with E-state index >= 15 is 0 Å². The van der Waals surface area contributed by atoms with Crippen LogP contribution in [0, 0.1) is 11.3 Å². The number of hydrogen-bond donors (Lipinski definition) is 0. The SMILES string of the molecule is N#C[C@]1(Cc2ccc(Cl)cc2)c2ccccc2C=CN1C(=O)c1ccccc1. The third-order valence-electron chi connectivity index (χ3n) is 5.02. The highest BCUT2D eigenvalue weighted by molar-refractivity contribution is 6.30. The predicted molar refractivity (Wildman–Crippen MR) is 111 cm³/mol. The lowest BCUT2D eigenvalue weighted by Crippen LogP contribution is -2.49. The van der Waals surface area contributed by atoms with E-state index in [4.69, 9.17) is 11.6 Å². The Hall–Kier alpha value is -3.35. The highest BCUT2D eigenvalue weighted by Crippen LogP contribution is 2.39. The first kappa shape index (κ1) is 18.0. The summed E-state index contributed by atoms with van der Waals surface area (Å²) in [6, 6.07) is 26.6. The van der Waals surface area contributed by atoms with E-state index in [2.05, 4.69) is 6.07 Å². The monoisotopic (exact) mass is 384 g/mol. The van der Waals surface area contributed by atoms with Gasteiger partial charge >= 0.3 is 0 Å². The molecule has 0 saturated heterocycles. The number of benzene rings is 3. The van der Waals surface area contributed by atoms with Crippen molar-refractivity contribution in [3.63, 3.8) is 0 Å². The summed E-state index contributed by atoms with van der Waals surface area (Å²) in [6.45, 7) is 0. The third kappa shape index (κ3) is 3.09. The number of nitrogens with zero attached hydrogens (tertiary/aromatic N) is 2. The molecule has 0 spiro atoms. The van der Waals surface area contributed by atoms with E-state index in [0.29, 0.717) is 17.0 Å². The molecule has 3 nitrogen and oxygen atoms in total. The Morgan fingerprint density at radius 2 is 1.64 bits per heavy atom. The zero-order chi connectivity index (χ0) is 19.6. The molecule has 4 rings (SSSR count). The second-order valence-electron chi connectivity index (χ2n) is 6.72. The number of hydrogen-bond acceptors (Lipinski definition) is 2. The number of fused-ring (bicyclic) bond motifs is 1. The van der Waals surface area contributed by atoms with Gasteiger partial charge in [0.2, 0.25) is 0 Å². The topological polar surface area (TPSA) is 44.1 Å². The average molecular weight is 385 g/mol. The number of carbonyl (C=O) groups is 1. The van der Waals surface area contributed by atoms with Crippen LogP contribution in [0.25, 0.3) is 6.08 Å². The first-order valence-electron chi connectivity index (χ1n) is 8.96. The molecule has 3 aromatic carbocycles. The largest absolute Gasteiger partial charge is 0.291 e. The summed E-state index contributed by atoms with van der Waals surface area (Å²) < 4.78 is 0. The van der Waals surface area contributed by atoms with Crippen LogP contribution in [0.1, 0.15) is 27.0 Å². The van der Waals surface area contributed by atoms with Crippen LogP contribution >= 0.6 is 11.6 Å². The molecular weight excluding hydrogens is 368 g/mol. The van der Waals surface area contributed by atoms with Crippen molar-refractivity contribution in [2.45, 2.75) is 12.0 Å². The fourth-order valence-electron chi connectivity index (χ4n) is 3.62. The molecule has 1 aliphatic heterocycles. The quantitative estimate of drug-likeness (QED) is 0.604. The molecule has 0 aliphatic carbocycles. The summed E-state index contributed by atoms with van der Waals surface area (Å²) in [5.74, 6) is -0.207. The van der Waals surface area contributed by atoms with Crippen LogP contribution in [0.15, 0.2) is 85.1 Å². The first-order valence-corrected chi connectivity index (χ1v) is 9.34. The Labute approximate surface area is 169 Å². The van der Waals surface area contributed by atoms with E-state index in [1.165, 1.54) is 0 Å². The minimum Gasteiger partial charge on any atom is -0.291 e. The van der Waals surface area contributed by atoms with Crippen LogP contribution in [0.2, 0.25) is 5.02 Å². The predicted octanol–water partition coefficient (Wildman–Crippen LogP) is 5.43. The molecule has 1 aliphatic rings. The van der Waals surface area contributed by atoms with Crippen molar-refractivity contribution >= 4 is 23.6 Å². The van der Waals surface area contributed by atoms with Gasteiger partial charge in [0.1, 0.15) is 0 Å². The van der Waals surface area contributed by atoms with E-state index < -0.39 is 5.54 Å². The number of rotatable bonds is 3. The molecule has 0 unspecified atom stereocenters. The molecule has 4 heteroatoms. The van der Waals surface area contributed by atoms with Crippen LogP contribution in [0.3, 0.4) is 0 Å². The van der Waals surface area contributed by atoms with E-state index in [1.807, 2.05) is 60.7 Å². The second-order valence-corrected chi connectivity index (χ2v) is 7.16. The molecule has 0 fully saturated rings. The van der Waals surface area contributed by atoms with Crippen LogP contribution in [-0.4, -0.2) is 10.8 Å². The maximum atomic E-state index is 13.3. The Kier molecular flexibility index (Phi) is 4.73. The zero-order valence-electron chi connectivity index (χ0n) is 15.0. The average Bonchev–Trinajstić information content (AvgIpc) is 2.75. The van der Waals surface area contributed by atoms with Gasteiger partial charge in [0.05, 0.1) is 6.07 Å². The fraction of sp³-hybridized carbons (Fsp3) is 0.0833. The van der Waals surface area contributed by atoms with Gasteiger partial charge in [0, 0.05) is 23.2 Å². The number of nitriles is 1. The summed E-state index contributed by atoms with van der Waals surface area (Å²) in [4.78, 5) is 14.9. The minimum absolute atomic E-state index is 0.207. The summed E-state index contributed by atoms with van der Waals surface area (Å²) in [5, 5.41) is 11.0. The highest BCUT2D eigenvalue weighted by atomic mass is 35.5. The normalized spacial score (nSPS) is 17.6. The fourth-order valence-corrected chi connectivity index (χ4v) is 3.75. The third-order valence-corrected chi connectivity index (χ3v) is 5.27. The summed E-state index contributed by atoms with van der Waals surface area (Å²) >= 11 is 6.02. The summed E-state index contributed by atoms with van der Waals surface area (Å²) in [6.07, 6.45) is 3.96. The molecule has 136 valence electrons.